The highest BCUT2D eigenvalue weighted by Crippen LogP contribution is 2.30. The van der Waals surface area contributed by atoms with Gasteiger partial charge in [0.25, 0.3) is 0 Å². The number of benzene rings is 1. The molecule has 4 heteroatoms. The number of fused-ring (bicyclic) bond motifs is 1. The summed E-state index contributed by atoms with van der Waals surface area (Å²) in [6.07, 6.45) is -1.42. The third-order valence-corrected chi connectivity index (χ3v) is 2.92. The van der Waals surface area contributed by atoms with Gasteiger partial charge in [-0.05, 0) is 30.4 Å². The topological polar surface area (TPSA) is 12.0 Å². The summed E-state index contributed by atoms with van der Waals surface area (Å²) in [5, 5.41) is 2.59. The lowest BCUT2D eigenvalue weighted by atomic mass is 9.88. The zero-order valence-electron chi connectivity index (χ0n) is 8.85. The second kappa shape index (κ2) is 4.45. The van der Waals surface area contributed by atoms with Crippen LogP contribution in [-0.2, 0) is 6.42 Å². The van der Waals surface area contributed by atoms with Crippen molar-refractivity contribution in [3.05, 3.63) is 35.4 Å². The fourth-order valence-corrected chi connectivity index (χ4v) is 2.20. The van der Waals surface area contributed by atoms with Gasteiger partial charge in [-0.1, -0.05) is 24.3 Å². The van der Waals surface area contributed by atoms with Gasteiger partial charge in [0.1, 0.15) is 0 Å². The van der Waals surface area contributed by atoms with Crippen molar-refractivity contribution in [2.75, 3.05) is 6.54 Å². The molecule has 0 aliphatic heterocycles. The summed E-state index contributed by atoms with van der Waals surface area (Å²) in [5.74, 6) is 0. The summed E-state index contributed by atoms with van der Waals surface area (Å²) < 4.78 is 36.4. The number of hydrogen-bond acceptors (Lipinski definition) is 1. The van der Waals surface area contributed by atoms with Crippen LogP contribution in [0.4, 0.5) is 13.2 Å². The van der Waals surface area contributed by atoms with E-state index in [0.29, 0.717) is 0 Å². The van der Waals surface area contributed by atoms with Gasteiger partial charge in [0.05, 0.1) is 6.54 Å². The smallest absolute Gasteiger partial charge is 0.302 e. The van der Waals surface area contributed by atoms with Crippen molar-refractivity contribution >= 4 is 0 Å². The van der Waals surface area contributed by atoms with E-state index in [1.165, 1.54) is 5.56 Å². The standard InChI is InChI=1S/C12H14F3N/c13-12(14,15)8-16-11-7-3-5-9-4-1-2-6-10(9)11/h1-2,4,6,11,16H,3,5,7-8H2. The van der Waals surface area contributed by atoms with Crippen LogP contribution in [-0.4, -0.2) is 12.7 Å². The number of rotatable bonds is 2. The van der Waals surface area contributed by atoms with E-state index >= 15 is 0 Å². The average molecular weight is 229 g/mol. The predicted molar refractivity (Wildman–Crippen MR) is 56.2 cm³/mol. The van der Waals surface area contributed by atoms with Gasteiger partial charge in [0, 0.05) is 6.04 Å². The van der Waals surface area contributed by atoms with E-state index in [1.54, 1.807) is 0 Å². The quantitative estimate of drug-likeness (QED) is 0.821. The summed E-state index contributed by atoms with van der Waals surface area (Å²) in [6, 6.07) is 7.59. The highest BCUT2D eigenvalue weighted by atomic mass is 19.4. The zero-order chi connectivity index (χ0) is 11.6. The molecule has 1 nitrogen and oxygen atoms in total. The number of alkyl halides is 3. The Morgan fingerprint density at radius 1 is 1.25 bits per heavy atom. The molecule has 0 bridgehead atoms. The maximum Gasteiger partial charge on any atom is 0.401 e. The molecule has 0 amide bonds. The Hall–Kier alpha value is -1.03. The first-order valence-corrected chi connectivity index (χ1v) is 5.44. The fourth-order valence-electron chi connectivity index (χ4n) is 2.20. The molecule has 2 rings (SSSR count). The van der Waals surface area contributed by atoms with Crippen LogP contribution in [0.15, 0.2) is 24.3 Å². The minimum Gasteiger partial charge on any atom is -0.302 e. The Morgan fingerprint density at radius 3 is 2.75 bits per heavy atom. The van der Waals surface area contributed by atoms with Crippen LogP contribution in [0.1, 0.15) is 30.0 Å². The second-order valence-electron chi connectivity index (χ2n) is 4.14. The van der Waals surface area contributed by atoms with Crippen molar-refractivity contribution < 1.29 is 13.2 Å². The van der Waals surface area contributed by atoms with Gasteiger partial charge < -0.3 is 5.32 Å². The summed E-state index contributed by atoms with van der Waals surface area (Å²) >= 11 is 0. The van der Waals surface area contributed by atoms with Gasteiger partial charge in [-0.3, -0.25) is 0 Å². The van der Waals surface area contributed by atoms with E-state index in [9.17, 15) is 13.2 Å². The maximum absolute atomic E-state index is 12.1. The molecule has 0 saturated carbocycles. The van der Waals surface area contributed by atoms with E-state index in [0.717, 1.165) is 24.8 Å². The summed E-state index contributed by atoms with van der Waals surface area (Å²) in [7, 11) is 0. The number of halogens is 3. The molecule has 0 spiro atoms. The highest BCUT2D eigenvalue weighted by molar-refractivity contribution is 5.32. The molecule has 1 unspecified atom stereocenters. The molecule has 88 valence electrons. The number of hydrogen-bond donors (Lipinski definition) is 1. The van der Waals surface area contributed by atoms with Crippen LogP contribution in [0.3, 0.4) is 0 Å². The van der Waals surface area contributed by atoms with Crippen molar-refractivity contribution in [1.29, 1.82) is 0 Å². The molecular weight excluding hydrogens is 215 g/mol. The molecule has 0 heterocycles. The molecular formula is C12H14F3N. The molecule has 0 aromatic heterocycles. The molecule has 1 aromatic rings. The first-order chi connectivity index (χ1) is 7.56. The van der Waals surface area contributed by atoms with E-state index in [-0.39, 0.29) is 6.04 Å². The lowest BCUT2D eigenvalue weighted by molar-refractivity contribution is -0.126. The van der Waals surface area contributed by atoms with Gasteiger partial charge in [-0.15, -0.1) is 0 Å². The van der Waals surface area contributed by atoms with Gasteiger partial charge in [-0.25, -0.2) is 0 Å². The van der Waals surface area contributed by atoms with Crippen molar-refractivity contribution in [2.24, 2.45) is 0 Å². The predicted octanol–water partition coefficient (Wildman–Crippen LogP) is 3.22. The normalized spacial score (nSPS) is 20.6. The summed E-state index contributed by atoms with van der Waals surface area (Å²) in [5.41, 5.74) is 2.20. The van der Waals surface area contributed by atoms with Crippen molar-refractivity contribution in [3.8, 4) is 0 Å². The van der Waals surface area contributed by atoms with Crippen LogP contribution in [0.2, 0.25) is 0 Å². The molecule has 1 aliphatic carbocycles. The highest BCUT2D eigenvalue weighted by Gasteiger charge is 2.29. The first-order valence-electron chi connectivity index (χ1n) is 5.44. The maximum atomic E-state index is 12.1. The molecule has 1 aromatic carbocycles. The Bertz CT molecular complexity index is 360. The van der Waals surface area contributed by atoms with E-state index < -0.39 is 12.7 Å². The van der Waals surface area contributed by atoms with Crippen LogP contribution in [0.25, 0.3) is 0 Å². The molecule has 0 saturated heterocycles. The SMILES string of the molecule is FC(F)(F)CNC1CCCc2ccccc21. The monoisotopic (exact) mass is 229 g/mol. The van der Waals surface area contributed by atoms with Crippen molar-refractivity contribution in [2.45, 2.75) is 31.5 Å². The van der Waals surface area contributed by atoms with Crippen LogP contribution in [0.5, 0.6) is 0 Å². The molecule has 0 fully saturated rings. The summed E-state index contributed by atoms with van der Waals surface area (Å²) in [6.45, 7) is -0.911. The van der Waals surface area contributed by atoms with Crippen LogP contribution in [0, 0.1) is 0 Å². The van der Waals surface area contributed by atoms with Crippen LogP contribution >= 0.6 is 0 Å². The van der Waals surface area contributed by atoms with Gasteiger partial charge in [0.15, 0.2) is 0 Å². The van der Waals surface area contributed by atoms with Gasteiger partial charge in [-0.2, -0.15) is 13.2 Å². The van der Waals surface area contributed by atoms with Gasteiger partial charge >= 0.3 is 6.18 Å². The van der Waals surface area contributed by atoms with Crippen molar-refractivity contribution in [1.82, 2.24) is 5.32 Å². The van der Waals surface area contributed by atoms with E-state index in [2.05, 4.69) is 5.32 Å². The Balaban J connectivity index is 2.07. The largest absolute Gasteiger partial charge is 0.401 e. The Labute approximate surface area is 92.7 Å². The average Bonchev–Trinajstić information content (AvgIpc) is 2.25. The molecule has 0 radical (unpaired) electrons. The Morgan fingerprint density at radius 2 is 2.00 bits per heavy atom. The van der Waals surface area contributed by atoms with Crippen molar-refractivity contribution in [3.63, 3.8) is 0 Å². The first kappa shape index (κ1) is 11.5. The molecule has 1 N–H and O–H groups in total. The lowest BCUT2D eigenvalue weighted by Gasteiger charge is -2.26. The van der Waals surface area contributed by atoms with Gasteiger partial charge in [0.2, 0.25) is 0 Å². The Kier molecular flexibility index (Phi) is 3.19. The molecule has 16 heavy (non-hydrogen) atoms. The molecule has 1 aliphatic rings. The second-order valence-corrected chi connectivity index (χ2v) is 4.14. The minimum absolute atomic E-state index is 0.147. The fraction of sp³-hybridized carbons (Fsp3) is 0.500. The molecule has 1 atom stereocenters. The third-order valence-electron chi connectivity index (χ3n) is 2.92. The van der Waals surface area contributed by atoms with Crippen LogP contribution < -0.4 is 5.32 Å². The number of aryl methyl sites for hydroxylation is 1. The van der Waals surface area contributed by atoms with E-state index in [4.69, 9.17) is 0 Å². The minimum atomic E-state index is -4.13. The lowest BCUT2D eigenvalue weighted by Crippen LogP contribution is -2.33. The number of nitrogens with one attached hydrogen (secondary N) is 1. The summed E-state index contributed by atoms with van der Waals surface area (Å²) in [4.78, 5) is 0. The van der Waals surface area contributed by atoms with E-state index in [1.807, 2.05) is 24.3 Å². The third kappa shape index (κ3) is 2.76. The zero-order valence-corrected chi connectivity index (χ0v) is 8.85.